The molecule has 104 valence electrons. The summed E-state index contributed by atoms with van der Waals surface area (Å²) in [5, 5.41) is 3.98. The SMILES string of the molecule is Cc1ccccc1Nc1ncc(C(=O)c2ccccc2)s1. The summed E-state index contributed by atoms with van der Waals surface area (Å²) in [6, 6.07) is 17.2. The largest absolute Gasteiger partial charge is 0.331 e. The molecule has 0 aliphatic rings. The fourth-order valence-corrected chi connectivity index (χ4v) is 2.79. The minimum atomic E-state index is 0.00549. The van der Waals surface area contributed by atoms with E-state index in [-0.39, 0.29) is 5.78 Å². The maximum absolute atomic E-state index is 12.3. The Bertz CT molecular complexity index is 765. The van der Waals surface area contributed by atoms with Crippen LogP contribution >= 0.6 is 11.3 Å². The van der Waals surface area contributed by atoms with Gasteiger partial charge in [-0.15, -0.1) is 0 Å². The van der Waals surface area contributed by atoms with Crippen molar-refractivity contribution in [3.8, 4) is 0 Å². The number of carbonyl (C=O) groups is 1. The van der Waals surface area contributed by atoms with E-state index in [4.69, 9.17) is 0 Å². The zero-order chi connectivity index (χ0) is 14.7. The molecular formula is C17H14N2OS. The van der Waals surface area contributed by atoms with Gasteiger partial charge in [0, 0.05) is 11.3 Å². The Morgan fingerprint density at radius 1 is 1.05 bits per heavy atom. The summed E-state index contributed by atoms with van der Waals surface area (Å²) in [5.74, 6) is 0.00549. The van der Waals surface area contributed by atoms with Crippen LogP contribution in [0.3, 0.4) is 0 Å². The summed E-state index contributed by atoms with van der Waals surface area (Å²) < 4.78 is 0. The second kappa shape index (κ2) is 5.89. The van der Waals surface area contributed by atoms with Crippen LogP contribution in [0.15, 0.2) is 60.8 Å². The summed E-state index contributed by atoms with van der Waals surface area (Å²) in [5.41, 5.74) is 2.83. The molecule has 0 fully saturated rings. The number of para-hydroxylation sites is 1. The molecule has 3 rings (SSSR count). The van der Waals surface area contributed by atoms with E-state index < -0.39 is 0 Å². The molecule has 1 heterocycles. The van der Waals surface area contributed by atoms with Crippen molar-refractivity contribution in [1.82, 2.24) is 4.98 Å². The van der Waals surface area contributed by atoms with Gasteiger partial charge < -0.3 is 5.32 Å². The van der Waals surface area contributed by atoms with Crippen LogP contribution in [0.1, 0.15) is 20.8 Å². The van der Waals surface area contributed by atoms with Crippen LogP contribution in [-0.2, 0) is 0 Å². The molecular weight excluding hydrogens is 280 g/mol. The number of anilines is 2. The first-order valence-corrected chi connectivity index (χ1v) is 7.44. The van der Waals surface area contributed by atoms with Crippen LogP contribution in [0.4, 0.5) is 10.8 Å². The average Bonchev–Trinajstić information content (AvgIpc) is 2.98. The summed E-state index contributed by atoms with van der Waals surface area (Å²) in [4.78, 5) is 17.2. The molecule has 1 aromatic heterocycles. The molecule has 0 saturated heterocycles. The molecule has 0 aliphatic heterocycles. The minimum Gasteiger partial charge on any atom is -0.331 e. The number of nitrogens with one attached hydrogen (secondary N) is 1. The second-order valence-corrected chi connectivity index (χ2v) is 5.70. The van der Waals surface area contributed by atoms with Gasteiger partial charge >= 0.3 is 0 Å². The smallest absolute Gasteiger partial charge is 0.204 e. The van der Waals surface area contributed by atoms with Crippen molar-refractivity contribution in [1.29, 1.82) is 0 Å². The molecule has 0 amide bonds. The Morgan fingerprint density at radius 2 is 1.76 bits per heavy atom. The molecule has 3 nitrogen and oxygen atoms in total. The quantitative estimate of drug-likeness (QED) is 0.724. The summed E-state index contributed by atoms with van der Waals surface area (Å²) in [6.07, 6.45) is 1.63. The molecule has 0 unspecified atom stereocenters. The normalized spacial score (nSPS) is 10.3. The summed E-state index contributed by atoms with van der Waals surface area (Å²) >= 11 is 1.37. The number of rotatable bonds is 4. The molecule has 4 heteroatoms. The Labute approximate surface area is 127 Å². The van der Waals surface area contributed by atoms with Crippen molar-refractivity contribution in [2.24, 2.45) is 0 Å². The van der Waals surface area contributed by atoms with Gasteiger partial charge in [0.05, 0.1) is 11.1 Å². The third-order valence-corrected chi connectivity index (χ3v) is 4.06. The fourth-order valence-electron chi connectivity index (χ4n) is 2.00. The second-order valence-electron chi connectivity index (χ2n) is 4.66. The van der Waals surface area contributed by atoms with E-state index in [2.05, 4.69) is 10.3 Å². The van der Waals surface area contributed by atoms with Gasteiger partial charge in [0.15, 0.2) is 5.13 Å². The van der Waals surface area contributed by atoms with Crippen LogP contribution in [0.2, 0.25) is 0 Å². The lowest BCUT2D eigenvalue weighted by Gasteiger charge is -2.05. The predicted octanol–water partition coefficient (Wildman–Crippen LogP) is 4.43. The molecule has 2 aromatic carbocycles. The number of aromatic nitrogens is 1. The summed E-state index contributed by atoms with van der Waals surface area (Å²) in [7, 11) is 0. The van der Waals surface area contributed by atoms with Gasteiger partial charge in [0.2, 0.25) is 5.78 Å². The van der Waals surface area contributed by atoms with Crippen LogP contribution < -0.4 is 5.32 Å². The number of benzene rings is 2. The Hall–Kier alpha value is -2.46. The number of ketones is 1. The molecule has 0 spiro atoms. The first-order valence-electron chi connectivity index (χ1n) is 6.62. The fraction of sp³-hybridized carbons (Fsp3) is 0.0588. The maximum Gasteiger partial charge on any atom is 0.204 e. The molecule has 21 heavy (non-hydrogen) atoms. The lowest BCUT2D eigenvalue weighted by atomic mass is 10.1. The first kappa shape index (κ1) is 13.5. The van der Waals surface area contributed by atoms with E-state index in [1.54, 1.807) is 6.20 Å². The van der Waals surface area contributed by atoms with Gasteiger partial charge in [0.1, 0.15) is 0 Å². The van der Waals surface area contributed by atoms with E-state index in [1.165, 1.54) is 11.3 Å². The number of carbonyl (C=O) groups excluding carboxylic acids is 1. The maximum atomic E-state index is 12.3. The Balaban J connectivity index is 1.81. The third kappa shape index (κ3) is 3.01. The zero-order valence-electron chi connectivity index (χ0n) is 11.5. The van der Waals surface area contributed by atoms with Crippen molar-refractivity contribution >= 4 is 27.9 Å². The van der Waals surface area contributed by atoms with Gasteiger partial charge in [0.25, 0.3) is 0 Å². The van der Waals surface area contributed by atoms with Crippen molar-refractivity contribution in [3.05, 3.63) is 76.8 Å². The monoisotopic (exact) mass is 294 g/mol. The number of hydrogen-bond donors (Lipinski definition) is 1. The molecule has 0 bridgehead atoms. The van der Waals surface area contributed by atoms with Gasteiger partial charge in [-0.25, -0.2) is 4.98 Å². The standard InChI is InChI=1S/C17H14N2OS/c1-12-7-5-6-10-14(12)19-17-18-11-15(21-17)16(20)13-8-3-2-4-9-13/h2-11H,1H3,(H,18,19). The lowest BCUT2D eigenvalue weighted by Crippen LogP contribution is -1.97. The van der Waals surface area contributed by atoms with E-state index in [1.807, 2.05) is 61.5 Å². The van der Waals surface area contributed by atoms with Gasteiger partial charge in [-0.1, -0.05) is 59.9 Å². The minimum absolute atomic E-state index is 0.00549. The third-order valence-electron chi connectivity index (χ3n) is 3.15. The van der Waals surface area contributed by atoms with Crippen LogP contribution in [-0.4, -0.2) is 10.8 Å². The number of nitrogens with zero attached hydrogens (tertiary/aromatic N) is 1. The Kier molecular flexibility index (Phi) is 3.79. The van der Waals surface area contributed by atoms with Crippen molar-refractivity contribution < 1.29 is 4.79 Å². The van der Waals surface area contributed by atoms with E-state index >= 15 is 0 Å². The van der Waals surface area contributed by atoms with Crippen LogP contribution in [0, 0.1) is 6.92 Å². The lowest BCUT2D eigenvalue weighted by molar-refractivity contribution is 0.104. The molecule has 3 aromatic rings. The highest BCUT2D eigenvalue weighted by atomic mass is 32.1. The van der Waals surface area contributed by atoms with Gasteiger partial charge in [-0.3, -0.25) is 4.79 Å². The molecule has 1 N–H and O–H groups in total. The van der Waals surface area contributed by atoms with Gasteiger partial charge in [-0.05, 0) is 18.6 Å². The highest BCUT2D eigenvalue weighted by molar-refractivity contribution is 7.17. The predicted molar refractivity (Wildman–Crippen MR) is 86.5 cm³/mol. The van der Waals surface area contributed by atoms with E-state index in [9.17, 15) is 4.79 Å². The van der Waals surface area contributed by atoms with Crippen molar-refractivity contribution in [2.45, 2.75) is 6.92 Å². The van der Waals surface area contributed by atoms with Crippen LogP contribution in [0.25, 0.3) is 0 Å². The van der Waals surface area contributed by atoms with Crippen molar-refractivity contribution in [2.75, 3.05) is 5.32 Å². The highest BCUT2D eigenvalue weighted by Gasteiger charge is 2.12. The van der Waals surface area contributed by atoms with E-state index in [0.717, 1.165) is 16.4 Å². The van der Waals surface area contributed by atoms with Crippen molar-refractivity contribution in [3.63, 3.8) is 0 Å². The number of thiazole rings is 1. The summed E-state index contributed by atoms with van der Waals surface area (Å²) in [6.45, 7) is 2.03. The number of aryl methyl sites for hydroxylation is 1. The average molecular weight is 294 g/mol. The number of hydrogen-bond acceptors (Lipinski definition) is 4. The zero-order valence-corrected chi connectivity index (χ0v) is 12.4. The van der Waals surface area contributed by atoms with Crippen LogP contribution in [0.5, 0.6) is 0 Å². The topological polar surface area (TPSA) is 42.0 Å². The van der Waals surface area contributed by atoms with Gasteiger partial charge in [-0.2, -0.15) is 0 Å². The van der Waals surface area contributed by atoms with E-state index in [0.29, 0.717) is 10.4 Å². The molecule has 0 aliphatic carbocycles. The molecule has 0 saturated carbocycles. The molecule has 0 radical (unpaired) electrons. The highest BCUT2D eigenvalue weighted by Crippen LogP contribution is 2.25. The Morgan fingerprint density at radius 3 is 2.52 bits per heavy atom. The molecule has 0 atom stereocenters. The first-order chi connectivity index (χ1) is 10.2.